The summed E-state index contributed by atoms with van der Waals surface area (Å²) in [7, 11) is 2.02. The molecule has 0 radical (unpaired) electrons. The van der Waals surface area contributed by atoms with Crippen LogP contribution in [0.5, 0.6) is 0 Å². The first-order valence-electron chi connectivity index (χ1n) is 6.31. The molecule has 18 heavy (non-hydrogen) atoms. The molecule has 0 atom stereocenters. The van der Waals surface area contributed by atoms with Crippen LogP contribution >= 0.6 is 11.6 Å². The zero-order valence-electron chi connectivity index (χ0n) is 10.4. The van der Waals surface area contributed by atoms with Gasteiger partial charge in [0.25, 0.3) is 0 Å². The summed E-state index contributed by atoms with van der Waals surface area (Å²) in [5, 5.41) is 4.07. The summed E-state index contributed by atoms with van der Waals surface area (Å²) in [4.78, 5) is 8.85. The zero-order valence-corrected chi connectivity index (χ0v) is 11.2. The van der Waals surface area contributed by atoms with E-state index in [1.165, 1.54) is 0 Å². The molecule has 96 valence electrons. The maximum absolute atomic E-state index is 6.03. The van der Waals surface area contributed by atoms with E-state index in [0.29, 0.717) is 11.1 Å². The fourth-order valence-electron chi connectivity index (χ4n) is 2.58. The number of nitrogens with zero attached hydrogens (tertiary/aromatic N) is 3. The van der Waals surface area contributed by atoms with Gasteiger partial charge in [-0.3, -0.25) is 0 Å². The monoisotopic (exact) mass is 264 g/mol. The number of rotatable bonds is 1. The van der Waals surface area contributed by atoms with Crippen molar-refractivity contribution in [3.8, 4) is 0 Å². The van der Waals surface area contributed by atoms with Gasteiger partial charge in [0.05, 0.1) is 10.7 Å². The van der Waals surface area contributed by atoms with E-state index in [-0.39, 0.29) is 0 Å². The molecule has 1 saturated heterocycles. The number of aromatic nitrogens is 1. The second-order valence-electron chi connectivity index (χ2n) is 4.79. The van der Waals surface area contributed by atoms with Gasteiger partial charge in [-0.1, -0.05) is 11.6 Å². The van der Waals surface area contributed by atoms with Crippen LogP contribution in [-0.2, 0) is 0 Å². The van der Waals surface area contributed by atoms with Crippen molar-refractivity contribution in [2.75, 3.05) is 29.9 Å². The largest absolute Gasteiger partial charge is 0.347 e. The Bertz CT molecular complexity index is 468. The third kappa shape index (κ3) is 2.06. The number of anilines is 2. The van der Waals surface area contributed by atoms with Crippen LogP contribution in [0.2, 0.25) is 5.02 Å². The fraction of sp³-hybridized carbons (Fsp3) is 0.462. The van der Waals surface area contributed by atoms with Crippen LogP contribution in [-0.4, -0.2) is 31.2 Å². The van der Waals surface area contributed by atoms with Gasteiger partial charge in [-0.25, -0.2) is 4.98 Å². The van der Waals surface area contributed by atoms with Crippen molar-refractivity contribution in [1.29, 1.82) is 0 Å². The molecule has 3 rings (SSSR count). The molecule has 0 bridgehead atoms. The van der Waals surface area contributed by atoms with E-state index in [1.807, 2.05) is 13.1 Å². The number of hydrogen-bond donors (Lipinski definition) is 1. The van der Waals surface area contributed by atoms with Crippen LogP contribution in [0.4, 0.5) is 11.5 Å². The molecule has 1 aromatic rings. The van der Waals surface area contributed by atoms with Crippen molar-refractivity contribution in [2.45, 2.75) is 18.9 Å². The molecule has 2 aliphatic heterocycles. The number of hydrogen-bond acceptors (Lipinski definition) is 4. The fourth-order valence-corrected chi connectivity index (χ4v) is 2.73. The number of piperidine rings is 1. The van der Waals surface area contributed by atoms with Gasteiger partial charge in [-0.2, -0.15) is 0 Å². The molecule has 5 heteroatoms. The Balaban J connectivity index is 1.95. The minimum absolute atomic E-state index is 0.531. The molecule has 1 aromatic heterocycles. The van der Waals surface area contributed by atoms with Crippen LogP contribution in [0.1, 0.15) is 12.8 Å². The molecular weight excluding hydrogens is 248 g/mol. The lowest BCUT2D eigenvalue weighted by atomic mass is 10.0. The molecule has 0 spiro atoms. The Kier molecular flexibility index (Phi) is 3.14. The van der Waals surface area contributed by atoms with Gasteiger partial charge in [-0.15, -0.1) is 0 Å². The lowest BCUT2D eigenvalue weighted by Crippen LogP contribution is -2.42. The van der Waals surface area contributed by atoms with E-state index < -0.39 is 0 Å². The Hall–Kier alpha value is -1.26. The molecule has 4 nitrogen and oxygen atoms in total. The van der Waals surface area contributed by atoms with Crippen molar-refractivity contribution in [3.05, 3.63) is 29.7 Å². The van der Waals surface area contributed by atoms with Crippen LogP contribution in [0.3, 0.4) is 0 Å². The standard InChI is InChI=1S/C13H17ClN4/c1-17-6-7-18(11-2-4-15-5-3-11)13-12(17)8-10(14)9-16-13/h6-9,11,15H,2-5H2,1H3. The number of nitrogens with one attached hydrogen (secondary N) is 1. The number of fused-ring (bicyclic) bond motifs is 1. The van der Waals surface area contributed by atoms with E-state index in [1.54, 1.807) is 6.20 Å². The minimum Gasteiger partial charge on any atom is -0.347 e. The third-order valence-electron chi connectivity index (χ3n) is 3.59. The predicted molar refractivity (Wildman–Crippen MR) is 75.2 cm³/mol. The molecule has 0 aromatic carbocycles. The first-order chi connectivity index (χ1) is 8.75. The molecular formula is C13H17ClN4. The second-order valence-corrected chi connectivity index (χ2v) is 5.23. The average Bonchev–Trinajstić information content (AvgIpc) is 2.41. The van der Waals surface area contributed by atoms with Crippen molar-refractivity contribution in [3.63, 3.8) is 0 Å². The molecule has 0 aliphatic carbocycles. The lowest BCUT2D eigenvalue weighted by Gasteiger charge is -2.37. The summed E-state index contributed by atoms with van der Waals surface area (Å²) >= 11 is 6.03. The Morgan fingerprint density at radius 1 is 1.33 bits per heavy atom. The van der Waals surface area contributed by atoms with Crippen molar-refractivity contribution in [1.82, 2.24) is 10.3 Å². The first-order valence-corrected chi connectivity index (χ1v) is 6.69. The van der Waals surface area contributed by atoms with Crippen LogP contribution in [0, 0.1) is 0 Å². The highest BCUT2D eigenvalue weighted by Gasteiger charge is 2.26. The minimum atomic E-state index is 0.531. The molecule has 1 fully saturated rings. The maximum Gasteiger partial charge on any atom is 0.156 e. The van der Waals surface area contributed by atoms with Crippen molar-refractivity contribution < 1.29 is 0 Å². The molecule has 3 heterocycles. The molecule has 0 saturated carbocycles. The van der Waals surface area contributed by atoms with Gasteiger partial charge in [0.2, 0.25) is 0 Å². The summed E-state index contributed by atoms with van der Waals surface area (Å²) in [5.41, 5.74) is 1.07. The quantitative estimate of drug-likeness (QED) is 0.843. The van der Waals surface area contributed by atoms with Crippen molar-refractivity contribution in [2.24, 2.45) is 0 Å². The highest BCUT2D eigenvalue weighted by Crippen LogP contribution is 2.35. The van der Waals surface area contributed by atoms with Gasteiger partial charge < -0.3 is 15.1 Å². The highest BCUT2D eigenvalue weighted by molar-refractivity contribution is 6.30. The zero-order chi connectivity index (χ0) is 12.5. The smallest absolute Gasteiger partial charge is 0.156 e. The van der Waals surface area contributed by atoms with Gasteiger partial charge in [-0.05, 0) is 32.0 Å². The molecule has 0 amide bonds. The SMILES string of the molecule is CN1C=CN(C2CCNCC2)c2ncc(Cl)cc21. The molecule has 1 N–H and O–H groups in total. The van der Waals surface area contributed by atoms with Gasteiger partial charge >= 0.3 is 0 Å². The number of pyridine rings is 1. The molecule has 2 aliphatic rings. The van der Waals surface area contributed by atoms with E-state index in [9.17, 15) is 0 Å². The van der Waals surface area contributed by atoms with Gasteiger partial charge in [0.15, 0.2) is 5.82 Å². The summed E-state index contributed by atoms with van der Waals surface area (Å²) in [6, 6.07) is 2.50. The van der Waals surface area contributed by atoms with E-state index in [2.05, 4.69) is 32.5 Å². The van der Waals surface area contributed by atoms with Crippen LogP contribution in [0.25, 0.3) is 0 Å². The Morgan fingerprint density at radius 2 is 2.11 bits per heavy atom. The summed E-state index contributed by atoms with van der Waals surface area (Å²) in [5.74, 6) is 1.01. The summed E-state index contributed by atoms with van der Waals surface area (Å²) in [6.07, 6.45) is 8.22. The maximum atomic E-state index is 6.03. The van der Waals surface area contributed by atoms with Crippen molar-refractivity contribution >= 4 is 23.1 Å². The van der Waals surface area contributed by atoms with E-state index in [0.717, 1.165) is 37.4 Å². The average molecular weight is 265 g/mol. The predicted octanol–water partition coefficient (Wildman–Crippen LogP) is 2.21. The Morgan fingerprint density at radius 3 is 2.89 bits per heavy atom. The summed E-state index contributed by atoms with van der Waals surface area (Å²) < 4.78 is 0. The van der Waals surface area contributed by atoms with E-state index >= 15 is 0 Å². The third-order valence-corrected chi connectivity index (χ3v) is 3.80. The van der Waals surface area contributed by atoms with Gasteiger partial charge in [0, 0.05) is 31.7 Å². The van der Waals surface area contributed by atoms with E-state index in [4.69, 9.17) is 11.6 Å². The summed E-state index contributed by atoms with van der Waals surface area (Å²) in [6.45, 7) is 2.15. The highest BCUT2D eigenvalue weighted by atomic mass is 35.5. The van der Waals surface area contributed by atoms with Crippen LogP contribution < -0.4 is 15.1 Å². The normalized spacial score (nSPS) is 20.1. The Labute approximate surface area is 112 Å². The lowest BCUT2D eigenvalue weighted by molar-refractivity contribution is 0.448. The second kappa shape index (κ2) is 4.78. The number of halogens is 1. The molecule has 0 unspecified atom stereocenters. The topological polar surface area (TPSA) is 31.4 Å². The first kappa shape index (κ1) is 11.8. The van der Waals surface area contributed by atoms with Gasteiger partial charge in [0.1, 0.15) is 0 Å². The van der Waals surface area contributed by atoms with Crippen LogP contribution in [0.15, 0.2) is 24.7 Å².